The minimum atomic E-state index is -0.531. The lowest BCUT2D eigenvalue weighted by atomic mass is 10.1. The van der Waals surface area contributed by atoms with E-state index in [4.69, 9.17) is 0 Å². The van der Waals surface area contributed by atoms with Crippen LogP contribution in [0.4, 0.5) is 0 Å². The van der Waals surface area contributed by atoms with Crippen LogP contribution in [-0.2, 0) is 19.9 Å². The van der Waals surface area contributed by atoms with Crippen LogP contribution in [0.25, 0.3) is 0 Å². The zero-order chi connectivity index (χ0) is 12.3. The lowest BCUT2D eigenvalue weighted by molar-refractivity contribution is 0.168. The standard InChI is InChI=1S/C13H17N3O/c1-3-11-8-12(16(2)15-11)13(17)7-10-5-4-6-14-9-10/h4-6,8-9,13,17H,3,7H2,1-2H3. The molecule has 0 aliphatic rings. The Kier molecular flexibility index (Phi) is 3.54. The molecular weight excluding hydrogens is 214 g/mol. The maximum Gasteiger partial charge on any atom is 0.0997 e. The van der Waals surface area contributed by atoms with Crippen LogP contribution in [0.1, 0.15) is 30.0 Å². The van der Waals surface area contributed by atoms with Gasteiger partial charge in [-0.1, -0.05) is 13.0 Å². The summed E-state index contributed by atoms with van der Waals surface area (Å²) < 4.78 is 1.75. The molecule has 2 aromatic heterocycles. The maximum atomic E-state index is 10.2. The minimum Gasteiger partial charge on any atom is -0.386 e. The minimum absolute atomic E-state index is 0.531. The van der Waals surface area contributed by atoms with E-state index >= 15 is 0 Å². The van der Waals surface area contributed by atoms with Crippen molar-refractivity contribution in [2.75, 3.05) is 0 Å². The first-order chi connectivity index (χ1) is 8.20. The zero-order valence-electron chi connectivity index (χ0n) is 10.2. The van der Waals surface area contributed by atoms with Crippen LogP contribution in [0.5, 0.6) is 0 Å². The molecule has 2 heterocycles. The van der Waals surface area contributed by atoms with Gasteiger partial charge in [0, 0.05) is 25.9 Å². The monoisotopic (exact) mass is 231 g/mol. The fourth-order valence-electron chi connectivity index (χ4n) is 1.87. The largest absolute Gasteiger partial charge is 0.386 e. The van der Waals surface area contributed by atoms with Crippen molar-refractivity contribution in [3.63, 3.8) is 0 Å². The van der Waals surface area contributed by atoms with Gasteiger partial charge < -0.3 is 5.11 Å². The van der Waals surface area contributed by atoms with Crippen LogP contribution in [0.2, 0.25) is 0 Å². The topological polar surface area (TPSA) is 50.9 Å². The van der Waals surface area contributed by atoms with Crippen LogP contribution in [-0.4, -0.2) is 19.9 Å². The van der Waals surface area contributed by atoms with Crippen molar-refractivity contribution in [2.45, 2.75) is 25.9 Å². The van der Waals surface area contributed by atoms with Crippen molar-refractivity contribution >= 4 is 0 Å². The number of hydrogen-bond acceptors (Lipinski definition) is 3. The first-order valence-corrected chi connectivity index (χ1v) is 5.80. The lowest BCUT2D eigenvalue weighted by Gasteiger charge is -2.10. The first kappa shape index (κ1) is 11.8. The predicted molar refractivity (Wildman–Crippen MR) is 65.5 cm³/mol. The molecule has 4 nitrogen and oxygen atoms in total. The van der Waals surface area contributed by atoms with Gasteiger partial charge in [-0.05, 0) is 24.1 Å². The molecule has 0 radical (unpaired) electrons. The van der Waals surface area contributed by atoms with Crippen LogP contribution < -0.4 is 0 Å². The Balaban J connectivity index is 2.14. The molecule has 1 atom stereocenters. The Morgan fingerprint density at radius 3 is 2.88 bits per heavy atom. The van der Waals surface area contributed by atoms with E-state index in [2.05, 4.69) is 17.0 Å². The Bertz CT molecular complexity index is 479. The fourth-order valence-corrected chi connectivity index (χ4v) is 1.87. The summed E-state index contributed by atoms with van der Waals surface area (Å²) in [5, 5.41) is 14.5. The number of nitrogens with zero attached hydrogens (tertiary/aromatic N) is 3. The Hall–Kier alpha value is -1.68. The second-order valence-electron chi connectivity index (χ2n) is 4.12. The van der Waals surface area contributed by atoms with E-state index in [-0.39, 0.29) is 0 Å². The highest BCUT2D eigenvalue weighted by Crippen LogP contribution is 2.18. The van der Waals surface area contributed by atoms with E-state index < -0.39 is 6.10 Å². The van der Waals surface area contributed by atoms with Crippen molar-refractivity contribution < 1.29 is 5.11 Å². The summed E-state index contributed by atoms with van der Waals surface area (Å²) in [5.74, 6) is 0. The summed E-state index contributed by atoms with van der Waals surface area (Å²) >= 11 is 0. The summed E-state index contributed by atoms with van der Waals surface area (Å²) in [6.45, 7) is 2.06. The summed E-state index contributed by atoms with van der Waals surface area (Å²) in [5.41, 5.74) is 2.89. The molecule has 0 aromatic carbocycles. The quantitative estimate of drug-likeness (QED) is 0.870. The van der Waals surface area contributed by atoms with Crippen molar-refractivity contribution in [2.24, 2.45) is 7.05 Å². The normalized spacial score (nSPS) is 12.6. The van der Waals surface area contributed by atoms with E-state index in [1.807, 2.05) is 25.2 Å². The number of aromatic nitrogens is 3. The molecule has 90 valence electrons. The molecule has 1 N–H and O–H groups in total. The molecule has 0 bridgehead atoms. The molecule has 2 aromatic rings. The Morgan fingerprint density at radius 1 is 1.47 bits per heavy atom. The van der Waals surface area contributed by atoms with Gasteiger partial charge in [-0.2, -0.15) is 5.10 Å². The van der Waals surface area contributed by atoms with Crippen LogP contribution >= 0.6 is 0 Å². The van der Waals surface area contributed by atoms with E-state index in [1.165, 1.54) is 0 Å². The molecular formula is C13H17N3O. The average Bonchev–Trinajstić information content (AvgIpc) is 2.72. The third kappa shape index (κ3) is 2.71. The molecule has 0 aliphatic heterocycles. The summed E-state index contributed by atoms with van der Waals surface area (Å²) in [7, 11) is 1.86. The number of aliphatic hydroxyl groups is 1. The molecule has 0 saturated heterocycles. The number of rotatable bonds is 4. The van der Waals surface area contributed by atoms with Crippen molar-refractivity contribution in [1.29, 1.82) is 0 Å². The third-order valence-corrected chi connectivity index (χ3v) is 2.82. The lowest BCUT2D eigenvalue weighted by Crippen LogP contribution is -2.08. The van der Waals surface area contributed by atoms with Gasteiger partial charge >= 0.3 is 0 Å². The van der Waals surface area contributed by atoms with E-state index in [0.717, 1.165) is 23.4 Å². The highest BCUT2D eigenvalue weighted by Gasteiger charge is 2.14. The number of hydrogen-bond donors (Lipinski definition) is 1. The Morgan fingerprint density at radius 2 is 2.29 bits per heavy atom. The van der Waals surface area contributed by atoms with Gasteiger partial charge in [0.25, 0.3) is 0 Å². The van der Waals surface area contributed by atoms with E-state index in [0.29, 0.717) is 6.42 Å². The predicted octanol–water partition coefficient (Wildman–Crippen LogP) is 1.65. The van der Waals surface area contributed by atoms with E-state index in [1.54, 1.807) is 17.1 Å². The van der Waals surface area contributed by atoms with Crippen LogP contribution in [0.15, 0.2) is 30.6 Å². The first-order valence-electron chi connectivity index (χ1n) is 5.80. The molecule has 0 spiro atoms. The molecule has 0 aliphatic carbocycles. The molecule has 0 saturated carbocycles. The number of aryl methyl sites for hydroxylation is 2. The summed E-state index contributed by atoms with van der Waals surface area (Å²) in [6, 6.07) is 5.80. The smallest absolute Gasteiger partial charge is 0.0997 e. The van der Waals surface area contributed by atoms with Gasteiger partial charge in [0.05, 0.1) is 17.5 Å². The van der Waals surface area contributed by atoms with E-state index in [9.17, 15) is 5.11 Å². The van der Waals surface area contributed by atoms with Crippen molar-refractivity contribution in [1.82, 2.24) is 14.8 Å². The van der Waals surface area contributed by atoms with Crippen LogP contribution in [0, 0.1) is 0 Å². The molecule has 17 heavy (non-hydrogen) atoms. The molecule has 0 fully saturated rings. The van der Waals surface area contributed by atoms with Gasteiger partial charge in [-0.3, -0.25) is 9.67 Å². The maximum absolute atomic E-state index is 10.2. The van der Waals surface area contributed by atoms with Gasteiger partial charge in [-0.15, -0.1) is 0 Å². The van der Waals surface area contributed by atoms with Gasteiger partial charge in [-0.25, -0.2) is 0 Å². The van der Waals surface area contributed by atoms with Gasteiger partial charge in [0.2, 0.25) is 0 Å². The molecule has 1 unspecified atom stereocenters. The Labute approximate surface area is 101 Å². The highest BCUT2D eigenvalue weighted by atomic mass is 16.3. The number of pyridine rings is 1. The second-order valence-corrected chi connectivity index (χ2v) is 4.12. The average molecular weight is 231 g/mol. The van der Waals surface area contributed by atoms with Crippen molar-refractivity contribution in [3.05, 3.63) is 47.5 Å². The van der Waals surface area contributed by atoms with Crippen molar-refractivity contribution in [3.8, 4) is 0 Å². The number of aliphatic hydroxyl groups excluding tert-OH is 1. The summed E-state index contributed by atoms with van der Waals surface area (Å²) in [6.07, 6.45) is 4.43. The van der Waals surface area contributed by atoms with Gasteiger partial charge in [0.15, 0.2) is 0 Å². The highest BCUT2D eigenvalue weighted by molar-refractivity contribution is 5.17. The molecule has 2 rings (SSSR count). The fraction of sp³-hybridized carbons (Fsp3) is 0.385. The summed E-state index contributed by atoms with van der Waals surface area (Å²) in [4.78, 5) is 4.04. The molecule has 4 heteroatoms. The second kappa shape index (κ2) is 5.10. The van der Waals surface area contributed by atoms with Crippen LogP contribution in [0.3, 0.4) is 0 Å². The third-order valence-electron chi connectivity index (χ3n) is 2.82. The SMILES string of the molecule is CCc1cc(C(O)Cc2cccnc2)n(C)n1. The molecule has 0 amide bonds. The van der Waals surface area contributed by atoms with Gasteiger partial charge in [0.1, 0.15) is 0 Å². The zero-order valence-corrected chi connectivity index (χ0v) is 10.2.